The number of carbonyl (C=O) groups excluding carboxylic acids is 3. The average molecular weight is 426 g/mol. The number of carboxylic acid groups (broad SMARTS) is 1. The molecule has 140 valence electrons. The summed E-state index contributed by atoms with van der Waals surface area (Å²) in [4.78, 5) is 48.1. The maximum atomic E-state index is 12.8. The first kappa shape index (κ1) is 19.9. The molecule has 1 saturated heterocycles. The minimum absolute atomic E-state index is 0.0307. The molecule has 3 amide bonds. The third-order valence-electron chi connectivity index (χ3n) is 4.41. The van der Waals surface area contributed by atoms with Crippen molar-refractivity contribution in [3.63, 3.8) is 0 Å². The summed E-state index contributed by atoms with van der Waals surface area (Å²) < 4.78 is 0.842. The van der Waals surface area contributed by atoms with Crippen LogP contribution in [0.4, 0.5) is 10.5 Å². The van der Waals surface area contributed by atoms with Gasteiger partial charge in [-0.25, -0.2) is 4.79 Å². The van der Waals surface area contributed by atoms with Crippen molar-refractivity contribution >= 4 is 45.3 Å². The third-order valence-corrected chi connectivity index (χ3v) is 4.94. The molecular formula is C17H20BrN3O5. The Hall–Kier alpha value is -2.42. The van der Waals surface area contributed by atoms with Crippen molar-refractivity contribution in [2.24, 2.45) is 5.92 Å². The van der Waals surface area contributed by atoms with Gasteiger partial charge in [0.1, 0.15) is 5.54 Å². The molecular weight excluding hydrogens is 406 g/mol. The number of Topliss-reactive ketones (excluding diaryl/α,β-unsaturated/α-hetero) is 1. The van der Waals surface area contributed by atoms with E-state index in [9.17, 15) is 19.2 Å². The first-order valence-electron chi connectivity index (χ1n) is 8.07. The fourth-order valence-electron chi connectivity index (χ4n) is 2.90. The smallest absolute Gasteiger partial charge is 0.320 e. The summed E-state index contributed by atoms with van der Waals surface area (Å²) in [6.45, 7) is 3.45. The van der Waals surface area contributed by atoms with Gasteiger partial charge in [0.15, 0.2) is 11.8 Å². The van der Waals surface area contributed by atoms with Gasteiger partial charge in [0.2, 0.25) is 0 Å². The van der Waals surface area contributed by atoms with Gasteiger partial charge in [-0.2, -0.15) is 0 Å². The van der Waals surface area contributed by atoms with Crippen LogP contribution in [0.15, 0.2) is 28.7 Å². The molecule has 0 saturated carbocycles. The fraction of sp³-hybridized carbons (Fsp3) is 0.412. The highest BCUT2D eigenvalue weighted by Crippen LogP contribution is 2.30. The van der Waals surface area contributed by atoms with Crippen molar-refractivity contribution in [3.8, 4) is 0 Å². The predicted molar refractivity (Wildman–Crippen MR) is 97.7 cm³/mol. The van der Waals surface area contributed by atoms with E-state index in [4.69, 9.17) is 5.11 Å². The Labute approximate surface area is 158 Å². The monoisotopic (exact) mass is 425 g/mol. The first-order chi connectivity index (χ1) is 12.2. The molecule has 1 heterocycles. The van der Waals surface area contributed by atoms with E-state index in [1.54, 1.807) is 38.1 Å². The van der Waals surface area contributed by atoms with Gasteiger partial charge in [0, 0.05) is 16.6 Å². The molecule has 1 aromatic carbocycles. The molecule has 2 atom stereocenters. The third kappa shape index (κ3) is 4.21. The number of anilines is 1. The Kier molecular flexibility index (Phi) is 6.01. The zero-order chi connectivity index (χ0) is 19.5. The number of carboxylic acids is 1. The Balaban J connectivity index is 2.10. The van der Waals surface area contributed by atoms with Gasteiger partial charge in [-0.3, -0.25) is 14.4 Å². The van der Waals surface area contributed by atoms with Crippen molar-refractivity contribution in [3.05, 3.63) is 28.7 Å². The number of carbonyl (C=O) groups is 4. The molecule has 4 N–H and O–H groups in total. The van der Waals surface area contributed by atoms with E-state index < -0.39 is 35.3 Å². The van der Waals surface area contributed by atoms with E-state index in [1.807, 2.05) is 0 Å². The van der Waals surface area contributed by atoms with E-state index in [-0.39, 0.29) is 18.8 Å². The number of halogens is 1. The molecule has 0 bridgehead atoms. The van der Waals surface area contributed by atoms with Crippen LogP contribution in [-0.2, 0) is 14.4 Å². The summed E-state index contributed by atoms with van der Waals surface area (Å²) >= 11 is 3.28. The number of ketones is 1. The highest BCUT2D eigenvalue weighted by atomic mass is 79.9. The van der Waals surface area contributed by atoms with Gasteiger partial charge in [-0.15, -0.1) is 0 Å². The molecule has 0 aliphatic carbocycles. The van der Waals surface area contributed by atoms with E-state index in [1.165, 1.54) is 0 Å². The molecule has 8 nitrogen and oxygen atoms in total. The van der Waals surface area contributed by atoms with Crippen LogP contribution in [0.3, 0.4) is 0 Å². The normalized spacial score (nSPS) is 22.2. The van der Waals surface area contributed by atoms with E-state index in [0.29, 0.717) is 5.69 Å². The second kappa shape index (κ2) is 7.86. The van der Waals surface area contributed by atoms with Gasteiger partial charge in [0.25, 0.3) is 5.91 Å². The lowest BCUT2D eigenvalue weighted by molar-refractivity contribution is -0.138. The number of urea groups is 1. The minimum Gasteiger partial charge on any atom is -0.481 e. The second-order valence-electron chi connectivity index (χ2n) is 6.41. The number of hydrogen-bond acceptors (Lipinski definition) is 4. The lowest BCUT2D eigenvalue weighted by Crippen LogP contribution is -2.52. The van der Waals surface area contributed by atoms with Crippen LogP contribution < -0.4 is 16.0 Å². The molecule has 2 unspecified atom stereocenters. The number of aliphatic carboxylic acids is 1. The van der Waals surface area contributed by atoms with Crippen LogP contribution in [0, 0.1) is 5.92 Å². The van der Waals surface area contributed by atoms with Gasteiger partial charge >= 0.3 is 12.0 Å². The fourth-order valence-corrected chi connectivity index (χ4v) is 3.16. The molecule has 0 spiro atoms. The van der Waals surface area contributed by atoms with E-state index in [0.717, 1.165) is 4.47 Å². The van der Waals surface area contributed by atoms with Gasteiger partial charge in [0.05, 0.1) is 0 Å². The summed E-state index contributed by atoms with van der Waals surface area (Å²) in [6.07, 6.45) is -0.293. The van der Waals surface area contributed by atoms with Crippen molar-refractivity contribution < 1.29 is 24.3 Å². The Morgan fingerprint density at radius 3 is 2.42 bits per heavy atom. The summed E-state index contributed by atoms with van der Waals surface area (Å²) in [7, 11) is 0. The van der Waals surface area contributed by atoms with E-state index >= 15 is 0 Å². The van der Waals surface area contributed by atoms with Gasteiger partial charge in [-0.1, -0.05) is 29.8 Å². The van der Waals surface area contributed by atoms with Gasteiger partial charge < -0.3 is 21.1 Å². The number of hydrogen-bond donors (Lipinski definition) is 4. The molecule has 2 rings (SSSR count). The lowest BCUT2D eigenvalue weighted by atomic mass is 9.79. The number of nitrogens with one attached hydrogen (secondary N) is 3. The second-order valence-corrected chi connectivity index (χ2v) is 7.33. The summed E-state index contributed by atoms with van der Waals surface area (Å²) in [5.41, 5.74) is -0.803. The summed E-state index contributed by atoms with van der Waals surface area (Å²) in [5, 5.41) is 16.4. The maximum absolute atomic E-state index is 12.8. The van der Waals surface area contributed by atoms with Crippen LogP contribution in [0.25, 0.3) is 0 Å². The molecule has 1 aliphatic rings. The number of amides is 3. The van der Waals surface area contributed by atoms with Crippen LogP contribution in [0.2, 0.25) is 0 Å². The van der Waals surface area contributed by atoms with Crippen molar-refractivity contribution in [2.75, 3.05) is 5.32 Å². The van der Waals surface area contributed by atoms with Crippen LogP contribution in [-0.4, -0.2) is 40.4 Å². The van der Waals surface area contributed by atoms with Crippen molar-refractivity contribution in [1.82, 2.24) is 10.6 Å². The Morgan fingerprint density at radius 2 is 1.88 bits per heavy atom. The average Bonchev–Trinajstić information content (AvgIpc) is 2.80. The molecule has 0 aromatic heterocycles. The molecule has 1 fully saturated rings. The highest BCUT2D eigenvalue weighted by Gasteiger charge is 2.54. The van der Waals surface area contributed by atoms with Crippen molar-refractivity contribution in [2.45, 2.75) is 38.3 Å². The maximum Gasteiger partial charge on any atom is 0.320 e. The topological polar surface area (TPSA) is 125 Å². The first-order valence-corrected chi connectivity index (χ1v) is 8.86. The predicted octanol–water partition coefficient (Wildman–Crippen LogP) is 1.90. The Bertz CT molecular complexity index is 734. The van der Waals surface area contributed by atoms with Gasteiger partial charge in [-0.05, 0) is 36.6 Å². The largest absolute Gasteiger partial charge is 0.481 e. The zero-order valence-corrected chi connectivity index (χ0v) is 15.9. The lowest BCUT2D eigenvalue weighted by Gasteiger charge is -2.31. The van der Waals surface area contributed by atoms with Crippen LogP contribution in [0.1, 0.15) is 26.7 Å². The summed E-state index contributed by atoms with van der Waals surface area (Å²) in [6, 6.07) is 4.73. The quantitative estimate of drug-likeness (QED) is 0.518. The minimum atomic E-state index is -1.36. The highest BCUT2D eigenvalue weighted by molar-refractivity contribution is 9.10. The summed E-state index contributed by atoms with van der Waals surface area (Å²) in [5.74, 6) is -2.54. The SMILES string of the molecule is CC(C)C1(CCC(=O)O)NC(=O)C(NC(=O)Nc2ccc(Br)cc2)C1=O. The number of rotatable bonds is 6. The molecule has 9 heteroatoms. The molecule has 1 aliphatic heterocycles. The van der Waals surface area contributed by atoms with Crippen molar-refractivity contribution in [1.29, 1.82) is 0 Å². The molecule has 26 heavy (non-hydrogen) atoms. The zero-order valence-electron chi connectivity index (χ0n) is 14.3. The van der Waals surface area contributed by atoms with Crippen LogP contribution in [0.5, 0.6) is 0 Å². The standard InChI is InChI=1S/C17H20BrN3O5/c1-9(2)17(8-7-12(22)23)14(24)13(15(25)21-17)20-16(26)19-11-5-3-10(18)4-6-11/h3-6,9,13H,7-8H2,1-2H3,(H,21,25)(H,22,23)(H2,19,20,26). The Morgan fingerprint density at radius 1 is 1.27 bits per heavy atom. The number of benzene rings is 1. The van der Waals surface area contributed by atoms with Crippen LogP contribution >= 0.6 is 15.9 Å². The van der Waals surface area contributed by atoms with E-state index in [2.05, 4.69) is 31.9 Å². The molecule has 1 aromatic rings. The molecule has 0 radical (unpaired) electrons.